The lowest BCUT2D eigenvalue weighted by Crippen LogP contribution is -2.22. The molecular formula is C23H20F3N5O. The van der Waals surface area contributed by atoms with Crippen LogP contribution in [0.5, 0.6) is 0 Å². The number of urea groups is 1. The van der Waals surface area contributed by atoms with E-state index in [0.29, 0.717) is 17.2 Å². The number of aromatic nitrogens is 3. The van der Waals surface area contributed by atoms with Crippen molar-refractivity contribution in [2.75, 3.05) is 10.6 Å². The number of nitrogens with zero attached hydrogens (tertiary/aromatic N) is 3. The Kier molecular flexibility index (Phi) is 5.33. The second-order valence-electron chi connectivity index (χ2n) is 8.26. The summed E-state index contributed by atoms with van der Waals surface area (Å²) >= 11 is 0. The monoisotopic (exact) mass is 439 g/mol. The molecule has 0 aliphatic rings. The highest BCUT2D eigenvalue weighted by Gasteiger charge is 2.22. The zero-order valence-corrected chi connectivity index (χ0v) is 17.6. The number of benzene rings is 2. The molecule has 0 saturated heterocycles. The van der Waals surface area contributed by atoms with Crippen molar-refractivity contribution in [2.24, 2.45) is 0 Å². The van der Waals surface area contributed by atoms with Crippen molar-refractivity contribution in [3.8, 4) is 5.69 Å². The van der Waals surface area contributed by atoms with Crippen LogP contribution in [0.2, 0.25) is 0 Å². The Bertz CT molecular complexity index is 1330. The number of rotatable bonds is 3. The van der Waals surface area contributed by atoms with Gasteiger partial charge >= 0.3 is 6.03 Å². The van der Waals surface area contributed by atoms with Gasteiger partial charge in [0.05, 0.1) is 22.6 Å². The van der Waals surface area contributed by atoms with Crippen LogP contribution in [0.4, 0.5) is 29.5 Å². The van der Waals surface area contributed by atoms with E-state index in [9.17, 15) is 18.0 Å². The second kappa shape index (κ2) is 7.99. The largest absolute Gasteiger partial charge is 0.324 e. The van der Waals surface area contributed by atoms with E-state index < -0.39 is 29.2 Å². The lowest BCUT2D eigenvalue weighted by molar-refractivity contribution is 0.262. The third-order valence-corrected chi connectivity index (χ3v) is 4.83. The molecule has 0 atom stereocenters. The molecule has 0 spiro atoms. The Hall–Kier alpha value is -3.88. The summed E-state index contributed by atoms with van der Waals surface area (Å²) in [6.07, 6.45) is 1.70. The van der Waals surface area contributed by atoms with Crippen LogP contribution in [0.3, 0.4) is 0 Å². The van der Waals surface area contributed by atoms with E-state index in [1.165, 1.54) is 0 Å². The van der Waals surface area contributed by atoms with Gasteiger partial charge in [0.2, 0.25) is 0 Å². The van der Waals surface area contributed by atoms with Crippen molar-refractivity contribution < 1.29 is 18.0 Å². The van der Waals surface area contributed by atoms with Crippen LogP contribution in [-0.2, 0) is 5.41 Å². The molecule has 0 aliphatic heterocycles. The first-order chi connectivity index (χ1) is 15.1. The molecule has 4 aromatic rings. The molecule has 6 nitrogen and oxygen atoms in total. The summed E-state index contributed by atoms with van der Waals surface area (Å²) in [6.45, 7) is 5.93. The number of hydrogen-bond acceptors (Lipinski definition) is 3. The molecule has 0 bridgehead atoms. The first-order valence-electron chi connectivity index (χ1n) is 9.81. The standard InChI is InChI=1S/C23H20F3N5O/c1-23(2,3)18-12-19(29-22(32)28-17-9-7-15(24)20(25)21(17)26)31(30-18)14-6-8-16-13(11-14)5-4-10-27-16/h4-12H,1-3H3,(H2,28,29,32). The van der Waals surface area contributed by atoms with Gasteiger partial charge in [-0.05, 0) is 36.4 Å². The van der Waals surface area contributed by atoms with Gasteiger partial charge in [-0.1, -0.05) is 26.8 Å². The number of amides is 2. The molecule has 2 aromatic heterocycles. The van der Waals surface area contributed by atoms with E-state index in [-0.39, 0.29) is 5.41 Å². The molecule has 0 aliphatic carbocycles. The average Bonchev–Trinajstić information content (AvgIpc) is 3.18. The smallest absolute Gasteiger partial charge is 0.305 e. The van der Waals surface area contributed by atoms with Crippen LogP contribution in [0, 0.1) is 17.5 Å². The number of carbonyl (C=O) groups is 1. The lowest BCUT2D eigenvalue weighted by Gasteiger charge is -2.14. The molecule has 2 heterocycles. The highest BCUT2D eigenvalue weighted by atomic mass is 19.2. The molecule has 9 heteroatoms. The lowest BCUT2D eigenvalue weighted by atomic mass is 9.92. The highest BCUT2D eigenvalue weighted by molar-refractivity contribution is 5.99. The fourth-order valence-corrected chi connectivity index (χ4v) is 3.12. The number of halogens is 3. The van der Waals surface area contributed by atoms with Crippen molar-refractivity contribution in [2.45, 2.75) is 26.2 Å². The number of carbonyl (C=O) groups excluding carboxylic acids is 1. The van der Waals surface area contributed by atoms with Crippen molar-refractivity contribution in [3.63, 3.8) is 0 Å². The number of hydrogen-bond donors (Lipinski definition) is 2. The van der Waals surface area contributed by atoms with Crippen LogP contribution in [-0.4, -0.2) is 20.8 Å². The summed E-state index contributed by atoms with van der Waals surface area (Å²) in [6, 6.07) is 11.8. The van der Waals surface area contributed by atoms with E-state index in [2.05, 4.69) is 20.7 Å². The third-order valence-electron chi connectivity index (χ3n) is 4.83. The summed E-state index contributed by atoms with van der Waals surface area (Å²) in [5.74, 6) is -4.16. The quantitative estimate of drug-likeness (QED) is 0.398. The minimum atomic E-state index is -1.66. The number of anilines is 2. The first kappa shape index (κ1) is 21.4. The summed E-state index contributed by atoms with van der Waals surface area (Å²) in [4.78, 5) is 16.8. The van der Waals surface area contributed by atoms with Crippen LogP contribution in [0.1, 0.15) is 26.5 Å². The number of pyridine rings is 1. The average molecular weight is 439 g/mol. The van der Waals surface area contributed by atoms with Crippen LogP contribution in [0.25, 0.3) is 16.6 Å². The molecule has 0 fully saturated rings. The zero-order chi connectivity index (χ0) is 23.0. The van der Waals surface area contributed by atoms with Gasteiger partial charge in [0, 0.05) is 23.1 Å². The Balaban J connectivity index is 1.69. The third kappa shape index (κ3) is 4.14. The molecule has 0 radical (unpaired) electrons. The van der Waals surface area contributed by atoms with E-state index in [4.69, 9.17) is 0 Å². The van der Waals surface area contributed by atoms with Gasteiger partial charge < -0.3 is 5.32 Å². The Labute approximate surface area is 182 Å². The summed E-state index contributed by atoms with van der Waals surface area (Å²) in [5.41, 5.74) is 1.39. The molecule has 2 amide bonds. The Morgan fingerprint density at radius 1 is 0.969 bits per heavy atom. The molecule has 0 saturated carbocycles. The fourth-order valence-electron chi connectivity index (χ4n) is 3.12. The van der Waals surface area contributed by atoms with Crippen molar-refractivity contribution >= 4 is 28.4 Å². The van der Waals surface area contributed by atoms with E-state index in [1.807, 2.05) is 51.1 Å². The van der Waals surface area contributed by atoms with Crippen LogP contribution >= 0.6 is 0 Å². The highest BCUT2D eigenvalue weighted by Crippen LogP contribution is 2.28. The topological polar surface area (TPSA) is 71.8 Å². The molecule has 2 N–H and O–H groups in total. The zero-order valence-electron chi connectivity index (χ0n) is 17.6. The predicted octanol–water partition coefficient (Wildman–Crippen LogP) is 5.78. The summed E-state index contributed by atoms with van der Waals surface area (Å²) in [5, 5.41) is 10.3. The van der Waals surface area contributed by atoms with Crippen LogP contribution in [0.15, 0.2) is 54.7 Å². The maximum absolute atomic E-state index is 13.9. The van der Waals surface area contributed by atoms with Gasteiger partial charge in [0.1, 0.15) is 5.82 Å². The fraction of sp³-hybridized carbons (Fsp3) is 0.174. The molecule has 4 rings (SSSR count). The summed E-state index contributed by atoms with van der Waals surface area (Å²) < 4.78 is 42.1. The molecular weight excluding hydrogens is 419 g/mol. The van der Waals surface area contributed by atoms with Crippen LogP contribution < -0.4 is 10.6 Å². The van der Waals surface area contributed by atoms with Gasteiger partial charge in [-0.3, -0.25) is 10.3 Å². The SMILES string of the molecule is CC(C)(C)c1cc(NC(=O)Nc2ccc(F)c(F)c2F)n(-c2ccc3ncccc3c2)n1. The van der Waals surface area contributed by atoms with E-state index >= 15 is 0 Å². The van der Waals surface area contributed by atoms with E-state index in [1.54, 1.807) is 16.9 Å². The molecule has 32 heavy (non-hydrogen) atoms. The first-order valence-corrected chi connectivity index (χ1v) is 9.81. The minimum absolute atomic E-state index is 0.317. The Morgan fingerprint density at radius 3 is 2.50 bits per heavy atom. The van der Waals surface area contributed by atoms with Gasteiger partial charge in [-0.25, -0.2) is 22.6 Å². The van der Waals surface area contributed by atoms with Gasteiger partial charge in [-0.15, -0.1) is 0 Å². The summed E-state index contributed by atoms with van der Waals surface area (Å²) in [7, 11) is 0. The van der Waals surface area contributed by atoms with Gasteiger partial charge in [0.25, 0.3) is 0 Å². The number of nitrogens with one attached hydrogen (secondary N) is 2. The molecule has 0 unspecified atom stereocenters. The predicted molar refractivity (Wildman–Crippen MR) is 117 cm³/mol. The molecule has 164 valence electrons. The Morgan fingerprint density at radius 2 is 1.75 bits per heavy atom. The van der Waals surface area contributed by atoms with Gasteiger partial charge in [0.15, 0.2) is 17.5 Å². The number of fused-ring (bicyclic) bond motifs is 1. The maximum atomic E-state index is 13.9. The second-order valence-corrected chi connectivity index (χ2v) is 8.26. The minimum Gasteiger partial charge on any atom is -0.305 e. The maximum Gasteiger partial charge on any atom is 0.324 e. The van der Waals surface area contributed by atoms with Crippen molar-refractivity contribution in [3.05, 3.63) is 77.9 Å². The molecule has 2 aromatic carbocycles. The van der Waals surface area contributed by atoms with Crippen molar-refractivity contribution in [1.82, 2.24) is 14.8 Å². The normalized spacial score (nSPS) is 11.6. The van der Waals surface area contributed by atoms with E-state index in [0.717, 1.165) is 23.0 Å². The van der Waals surface area contributed by atoms with Gasteiger partial charge in [-0.2, -0.15) is 5.10 Å². The van der Waals surface area contributed by atoms with Crippen molar-refractivity contribution in [1.29, 1.82) is 0 Å².